The normalized spacial score (nSPS) is 15.5. The zero-order valence-corrected chi connectivity index (χ0v) is 20.3. The molecule has 5 rings (SSSR count). The summed E-state index contributed by atoms with van der Waals surface area (Å²) in [5.74, 6) is -0.619. The molecule has 0 radical (unpaired) electrons. The van der Waals surface area contributed by atoms with Gasteiger partial charge in [-0.05, 0) is 74.4 Å². The first-order chi connectivity index (χ1) is 18.0. The Morgan fingerprint density at radius 2 is 1.59 bits per heavy atom. The number of pyridine rings is 1. The van der Waals surface area contributed by atoms with Crippen LogP contribution in [0.2, 0.25) is 0 Å². The number of nitrogens with one attached hydrogen (secondary N) is 1. The van der Waals surface area contributed by atoms with Crippen molar-refractivity contribution in [2.45, 2.75) is 25.8 Å². The number of carbonyl (C=O) groups excluding carboxylic acids is 4. The summed E-state index contributed by atoms with van der Waals surface area (Å²) in [4.78, 5) is 58.5. The number of hydrogen-bond donors (Lipinski definition) is 1. The number of rotatable bonds is 6. The van der Waals surface area contributed by atoms with Gasteiger partial charge in [0.25, 0.3) is 23.6 Å². The molecule has 0 atom stereocenters. The van der Waals surface area contributed by atoms with E-state index in [2.05, 4.69) is 10.3 Å². The maximum absolute atomic E-state index is 13.1. The molecule has 1 saturated heterocycles. The van der Waals surface area contributed by atoms with Crippen LogP contribution in [0.1, 0.15) is 61.2 Å². The van der Waals surface area contributed by atoms with Crippen LogP contribution in [0.25, 0.3) is 0 Å². The van der Waals surface area contributed by atoms with Gasteiger partial charge in [-0.2, -0.15) is 0 Å². The van der Waals surface area contributed by atoms with Crippen LogP contribution in [0.3, 0.4) is 0 Å². The number of benzene rings is 2. The van der Waals surface area contributed by atoms with E-state index in [0.717, 1.165) is 4.90 Å². The van der Waals surface area contributed by atoms with E-state index in [4.69, 9.17) is 4.74 Å². The van der Waals surface area contributed by atoms with Gasteiger partial charge in [-0.25, -0.2) is 4.90 Å². The Labute approximate surface area is 214 Å². The zero-order valence-electron chi connectivity index (χ0n) is 20.3. The van der Waals surface area contributed by atoms with Gasteiger partial charge in [0.15, 0.2) is 0 Å². The number of hydrogen-bond acceptors (Lipinski definition) is 6. The van der Waals surface area contributed by atoms with Crippen LogP contribution < -0.4 is 15.0 Å². The second kappa shape index (κ2) is 10.2. The summed E-state index contributed by atoms with van der Waals surface area (Å²) in [6.45, 7) is 3.44. The predicted octanol–water partition coefficient (Wildman–Crippen LogP) is 3.32. The van der Waals surface area contributed by atoms with E-state index in [0.29, 0.717) is 55.1 Å². The van der Waals surface area contributed by atoms with Crippen molar-refractivity contribution in [2.75, 3.05) is 24.6 Å². The Bertz CT molecular complexity index is 1350. The number of carbonyl (C=O) groups is 4. The van der Waals surface area contributed by atoms with Gasteiger partial charge in [0.1, 0.15) is 5.75 Å². The lowest BCUT2D eigenvalue weighted by Crippen LogP contribution is -2.46. The molecule has 2 aliphatic rings. The lowest BCUT2D eigenvalue weighted by Gasteiger charge is -2.32. The molecule has 0 unspecified atom stereocenters. The van der Waals surface area contributed by atoms with Crippen molar-refractivity contribution in [1.29, 1.82) is 0 Å². The molecule has 0 spiro atoms. The van der Waals surface area contributed by atoms with E-state index in [1.165, 1.54) is 12.1 Å². The first kappa shape index (κ1) is 24.2. The molecule has 188 valence electrons. The summed E-state index contributed by atoms with van der Waals surface area (Å²) in [5, 5.41) is 3.00. The molecule has 0 saturated carbocycles. The van der Waals surface area contributed by atoms with Gasteiger partial charge in [0.2, 0.25) is 0 Å². The molecular formula is C28H26N4O5. The molecule has 37 heavy (non-hydrogen) atoms. The fourth-order valence-electron chi connectivity index (χ4n) is 4.65. The van der Waals surface area contributed by atoms with Gasteiger partial charge in [-0.3, -0.25) is 24.2 Å². The summed E-state index contributed by atoms with van der Waals surface area (Å²) in [5.41, 5.74) is 1.80. The van der Waals surface area contributed by atoms with E-state index in [9.17, 15) is 19.2 Å². The highest BCUT2D eigenvalue weighted by Crippen LogP contribution is 2.30. The molecule has 3 heterocycles. The average Bonchev–Trinajstić information content (AvgIpc) is 3.19. The highest BCUT2D eigenvalue weighted by atomic mass is 16.5. The van der Waals surface area contributed by atoms with Crippen molar-refractivity contribution in [3.8, 4) is 5.75 Å². The van der Waals surface area contributed by atoms with Crippen LogP contribution in [-0.4, -0.2) is 59.3 Å². The molecule has 9 heteroatoms. The lowest BCUT2D eigenvalue weighted by atomic mass is 10.0. The molecule has 1 fully saturated rings. The summed E-state index contributed by atoms with van der Waals surface area (Å²) < 4.78 is 5.43. The molecular weight excluding hydrogens is 472 g/mol. The maximum Gasteiger partial charge on any atom is 0.266 e. The number of nitrogens with zero attached hydrogens (tertiary/aromatic N) is 3. The van der Waals surface area contributed by atoms with Crippen molar-refractivity contribution in [2.24, 2.45) is 0 Å². The van der Waals surface area contributed by atoms with Crippen molar-refractivity contribution in [1.82, 2.24) is 15.2 Å². The summed E-state index contributed by atoms with van der Waals surface area (Å²) in [6.07, 6.45) is 4.42. The van der Waals surface area contributed by atoms with Crippen LogP contribution in [0.4, 0.5) is 5.69 Å². The Hall–Kier alpha value is -4.53. The van der Waals surface area contributed by atoms with Gasteiger partial charge in [0, 0.05) is 42.7 Å². The van der Waals surface area contributed by atoms with Crippen molar-refractivity contribution < 1.29 is 23.9 Å². The first-order valence-corrected chi connectivity index (χ1v) is 12.2. The molecule has 3 aromatic rings. The second-order valence-electron chi connectivity index (χ2n) is 8.91. The van der Waals surface area contributed by atoms with Gasteiger partial charge >= 0.3 is 0 Å². The predicted molar refractivity (Wildman–Crippen MR) is 136 cm³/mol. The van der Waals surface area contributed by atoms with E-state index >= 15 is 0 Å². The topological polar surface area (TPSA) is 109 Å². The Balaban J connectivity index is 1.23. The van der Waals surface area contributed by atoms with Crippen LogP contribution >= 0.6 is 0 Å². The zero-order chi connectivity index (χ0) is 25.9. The minimum absolute atomic E-state index is 0.0499. The highest BCUT2D eigenvalue weighted by Gasteiger charge is 2.37. The Morgan fingerprint density at radius 1 is 0.919 bits per heavy atom. The monoisotopic (exact) mass is 498 g/mol. The molecule has 4 amide bonds. The van der Waals surface area contributed by atoms with Gasteiger partial charge in [-0.15, -0.1) is 0 Å². The smallest absolute Gasteiger partial charge is 0.266 e. The van der Waals surface area contributed by atoms with Gasteiger partial charge < -0.3 is 15.0 Å². The van der Waals surface area contributed by atoms with Crippen LogP contribution in [0.15, 0.2) is 67.0 Å². The van der Waals surface area contributed by atoms with Crippen LogP contribution in [0, 0.1) is 0 Å². The van der Waals surface area contributed by atoms with Gasteiger partial charge in [-0.1, -0.05) is 0 Å². The number of aromatic nitrogens is 1. The van der Waals surface area contributed by atoms with E-state index < -0.39 is 11.8 Å². The fraction of sp³-hybridized carbons (Fsp3) is 0.250. The number of anilines is 1. The number of fused-ring (bicyclic) bond motifs is 1. The molecule has 2 aromatic carbocycles. The summed E-state index contributed by atoms with van der Waals surface area (Å²) in [6, 6.07) is 14.6. The van der Waals surface area contributed by atoms with E-state index in [1.54, 1.807) is 59.8 Å². The third-order valence-corrected chi connectivity index (χ3v) is 6.60. The molecule has 0 bridgehead atoms. The first-order valence-electron chi connectivity index (χ1n) is 12.2. The van der Waals surface area contributed by atoms with E-state index in [-0.39, 0.29) is 29.0 Å². The number of ether oxygens (including phenoxy) is 1. The Morgan fingerprint density at radius 3 is 2.27 bits per heavy atom. The van der Waals surface area contributed by atoms with Crippen LogP contribution in [0.5, 0.6) is 5.75 Å². The van der Waals surface area contributed by atoms with Crippen molar-refractivity contribution in [3.05, 3.63) is 89.2 Å². The third kappa shape index (κ3) is 4.80. The SMILES string of the molecule is CCOc1ccc(N2C(=O)c3ccc(C(=O)NC4CCN(C(=O)c5ccncc5)CC4)cc3C2=O)cc1. The standard InChI is InChI=1S/C28H26N4O5/c1-2-37-22-6-4-21(5-7-22)32-27(35)23-8-3-19(17-24(23)28(32)36)25(33)30-20-11-15-31(16-12-20)26(34)18-9-13-29-14-10-18/h3-10,13-14,17,20H,2,11-12,15-16H2,1H3,(H,30,33). The molecule has 9 nitrogen and oxygen atoms in total. The van der Waals surface area contributed by atoms with E-state index in [1.807, 2.05) is 6.92 Å². The summed E-state index contributed by atoms with van der Waals surface area (Å²) >= 11 is 0. The minimum Gasteiger partial charge on any atom is -0.494 e. The fourth-order valence-corrected chi connectivity index (χ4v) is 4.65. The quantitative estimate of drug-likeness (QED) is 0.523. The van der Waals surface area contributed by atoms with Crippen molar-refractivity contribution in [3.63, 3.8) is 0 Å². The maximum atomic E-state index is 13.1. The van der Waals surface area contributed by atoms with Crippen LogP contribution in [-0.2, 0) is 0 Å². The van der Waals surface area contributed by atoms with Crippen molar-refractivity contribution >= 4 is 29.3 Å². The lowest BCUT2D eigenvalue weighted by molar-refractivity contribution is 0.0697. The second-order valence-corrected chi connectivity index (χ2v) is 8.91. The largest absolute Gasteiger partial charge is 0.494 e. The highest BCUT2D eigenvalue weighted by molar-refractivity contribution is 6.34. The minimum atomic E-state index is -0.471. The third-order valence-electron chi connectivity index (χ3n) is 6.60. The molecule has 1 aromatic heterocycles. The number of likely N-dealkylation sites (tertiary alicyclic amines) is 1. The number of imide groups is 1. The molecule has 0 aliphatic carbocycles. The molecule has 2 aliphatic heterocycles. The Kier molecular flexibility index (Phi) is 6.68. The average molecular weight is 499 g/mol. The number of piperidine rings is 1. The van der Waals surface area contributed by atoms with Gasteiger partial charge in [0.05, 0.1) is 23.4 Å². The molecule has 1 N–H and O–H groups in total. The summed E-state index contributed by atoms with van der Waals surface area (Å²) in [7, 11) is 0. The number of amides is 4.